The van der Waals surface area contributed by atoms with Gasteiger partial charge >= 0.3 is 14.5 Å². The van der Waals surface area contributed by atoms with E-state index in [0.717, 1.165) is 0 Å². The zero-order chi connectivity index (χ0) is 6.78. The third-order valence-electron chi connectivity index (χ3n) is 0.637. The summed E-state index contributed by atoms with van der Waals surface area (Å²) in [6.45, 7) is 1.26. The van der Waals surface area contributed by atoms with Crippen LogP contribution in [-0.2, 0) is 4.46 Å². The first-order valence-corrected chi connectivity index (χ1v) is 3.70. The largest absolute Gasteiger partial charge is 0.419 e. The first-order chi connectivity index (χ1) is 3.48. The Bertz CT molecular complexity index is 97.2. The fraction of sp³-hybridized carbons (Fsp3) is 1.00. The van der Waals surface area contributed by atoms with Crippen molar-refractivity contribution in [3.63, 3.8) is 0 Å². The van der Waals surface area contributed by atoms with E-state index in [-0.39, 0.29) is 6.04 Å². The van der Waals surface area contributed by atoms with Gasteiger partial charge in [0, 0.05) is 0 Å². The second-order valence-electron chi connectivity index (χ2n) is 1.27. The molecule has 0 aliphatic carbocycles. The normalized spacial score (nSPS) is 11.5. The number of halogens is 3. The van der Waals surface area contributed by atoms with Gasteiger partial charge in [0.1, 0.15) is 0 Å². The minimum atomic E-state index is -4.45. The van der Waals surface area contributed by atoms with Crippen LogP contribution >= 0.6 is 0 Å². The maximum absolute atomic E-state index is 11.2. The lowest BCUT2D eigenvalue weighted by Crippen LogP contribution is -2.23. The third-order valence-corrected chi connectivity index (χ3v) is 1.91. The molecule has 8 heavy (non-hydrogen) atoms. The first kappa shape index (κ1) is 7.81. The zero-order valence-corrected chi connectivity index (χ0v) is 5.25. The van der Waals surface area contributed by atoms with Crippen LogP contribution < -0.4 is 0 Å². The maximum atomic E-state index is 11.2. The van der Waals surface area contributed by atoms with Gasteiger partial charge in [-0.05, 0) is 6.04 Å². The lowest BCUT2D eigenvalue weighted by molar-refractivity contribution is -0.0553. The van der Waals surface area contributed by atoms with E-state index in [4.69, 9.17) is 0 Å². The van der Waals surface area contributed by atoms with Gasteiger partial charge in [0.15, 0.2) is 0 Å². The summed E-state index contributed by atoms with van der Waals surface area (Å²) in [5, 5.41) is 0. The molecule has 0 aromatic rings. The molecule has 0 spiro atoms. The predicted octanol–water partition coefficient (Wildman–Crippen LogP) is 1.53. The highest BCUT2D eigenvalue weighted by Gasteiger charge is 2.38. The van der Waals surface area contributed by atoms with E-state index in [1.54, 1.807) is 0 Å². The molecule has 0 aromatic carbocycles. The molecule has 0 amide bonds. The Labute approximate surface area is 46.2 Å². The van der Waals surface area contributed by atoms with Crippen molar-refractivity contribution < 1.29 is 17.6 Å². The zero-order valence-electron chi connectivity index (χ0n) is 4.25. The second kappa shape index (κ2) is 2.39. The number of alkyl halides is 3. The molecule has 0 N–H and O–H groups in total. The summed E-state index contributed by atoms with van der Waals surface area (Å²) in [6.07, 6.45) is 0. The summed E-state index contributed by atoms with van der Waals surface area (Å²) in [5.41, 5.74) is 0. The minimum Gasteiger partial charge on any atom is -0.378 e. The molecule has 1 nitrogen and oxygen atoms in total. The van der Waals surface area contributed by atoms with Crippen LogP contribution in [0.15, 0.2) is 0 Å². The lowest BCUT2D eigenvalue weighted by atomic mass is 11.0. The molecule has 0 aliphatic rings. The Morgan fingerprint density at radius 2 is 1.88 bits per heavy atom. The second-order valence-corrected chi connectivity index (χ2v) is 3.39. The summed E-state index contributed by atoms with van der Waals surface area (Å²) in [7, 11) is -3.29. The maximum Gasteiger partial charge on any atom is 0.419 e. The SMILES string of the molecule is CC[Si](=O)C(F)(F)F. The van der Waals surface area contributed by atoms with E-state index in [1.165, 1.54) is 6.92 Å². The number of hydrogen-bond acceptors (Lipinski definition) is 1. The van der Waals surface area contributed by atoms with Gasteiger partial charge < -0.3 is 4.46 Å². The smallest absolute Gasteiger partial charge is 0.378 e. The molecule has 0 bridgehead atoms. The van der Waals surface area contributed by atoms with Gasteiger partial charge in [0.2, 0.25) is 0 Å². The molecule has 0 aliphatic heterocycles. The van der Waals surface area contributed by atoms with Crippen LogP contribution in [-0.4, -0.2) is 14.5 Å². The predicted molar refractivity (Wildman–Crippen MR) is 23.0 cm³/mol. The van der Waals surface area contributed by atoms with Gasteiger partial charge in [-0.3, -0.25) is 0 Å². The van der Waals surface area contributed by atoms with Gasteiger partial charge in [0.05, 0.1) is 0 Å². The van der Waals surface area contributed by atoms with E-state index in [9.17, 15) is 17.6 Å². The molecule has 5 heteroatoms. The Kier molecular flexibility index (Phi) is 2.33. The molecule has 0 radical (unpaired) electrons. The topological polar surface area (TPSA) is 17.1 Å². The Morgan fingerprint density at radius 1 is 1.50 bits per heavy atom. The Hall–Kier alpha value is -0.193. The van der Waals surface area contributed by atoms with Crippen LogP contribution in [0.3, 0.4) is 0 Å². The quantitative estimate of drug-likeness (QED) is 0.507. The van der Waals surface area contributed by atoms with E-state index in [2.05, 4.69) is 0 Å². The first-order valence-electron chi connectivity index (χ1n) is 2.08. The Morgan fingerprint density at radius 3 is 1.88 bits per heavy atom. The fourth-order valence-electron chi connectivity index (χ4n) is 0.200. The van der Waals surface area contributed by atoms with Crippen LogP contribution in [0.4, 0.5) is 13.2 Å². The van der Waals surface area contributed by atoms with Crippen molar-refractivity contribution in [2.45, 2.75) is 18.8 Å². The van der Waals surface area contributed by atoms with Crippen molar-refractivity contribution in [1.29, 1.82) is 0 Å². The van der Waals surface area contributed by atoms with Gasteiger partial charge in [-0.2, -0.15) is 13.2 Å². The van der Waals surface area contributed by atoms with Crippen LogP contribution in [0.1, 0.15) is 6.92 Å². The van der Waals surface area contributed by atoms with E-state index in [1.807, 2.05) is 0 Å². The number of hydrogen-bond donors (Lipinski definition) is 0. The van der Waals surface area contributed by atoms with E-state index in [0.29, 0.717) is 0 Å². The van der Waals surface area contributed by atoms with Crippen molar-refractivity contribution >= 4 is 8.68 Å². The highest BCUT2D eigenvalue weighted by molar-refractivity contribution is 6.45. The van der Waals surface area contributed by atoms with Gasteiger partial charge in [-0.1, -0.05) is 6.92 Å². The van der Waals surface area contributed by atoms with Crippen LogP contribution in [0.25, 0.3) is 0 Å². The van der Waals surface area contributed by atoms with Gasteiger partial charge in [0.25, 0.3) is 0 Å². The average Bonchev–Trinajstić information content (AvgIpc) is 1.62. The number of rotatable bonds is 1. The monoisotopic (exact) mass is 142 g/mol. The highest BCUT2D eigenvalue weighted by atomic mass is 28.3. The average molecular weight is 142 g/mol. The summed E-state index contributed by atoms with van der Waals surface area (Å²) in [6, 6.07) is -0.284. The molecule has 0 saturated carbocycles. The van der Waals surface area contributed by atoms with E-state index < -0.39 is 14.5 Å². The molecule has 0 saturated heterocycles. The minimum absolute atomic E-state index is 0.284. The molecule has 48 valence electrons. The van der Waals surface area contributed by atoms with Crippen molar-refractivity contribution in [1.82, 2.24) is 0 Å². The van der Waals surface area contributed by atoms with Crippen LogP contribution in [0, 0.1) is 0 Å². The highest BCUT2D eigenvalue weighted by Crippen LogP contribution is 2.15. The molecule has 0 atom stereocenters. The van der Waals surface area contributed by atoms with Crippen LogP contribution in [0.5, 0.6) is 0 Å². The molecule has 0 heterocycles. The summed E-state index contributed by atoms with van der Waals surface area (Å²) in [5.74, 6) is -4.45. The molecular weight excluding hydrogens is 137 g/mol. The molecular formula is C3H5F3OSi. The van der Waals surface area contributed by atoms with Crippen molar-refractivity contribution in [3.05, 3.63) is 0 Å². The van der Waals surface area contributed by atoms with Gasteiger partial charge in [-0.25, -0.2) is 0 Å². The van der Waals surface area contributed by atoms with Crippen molar-refractivity contribution in [2.75, 3.05) is 0 Å². The molecule has 0 aromatic heterocycles. The standard InChI is InChI=1S/C3H5F3OSi/c1-2-8(7)3(4,5)6/h2H2,1H3. The van der Waals surface area contributed by atoms with E-state index >= 15 is 0 Å². The summed E-state index contributed by atoms with van der Waals surface area (Å²) < 4.78 is 43.4. The summed E-state index contributed by atoms with van der Waals surface area (Å²) in [4.78, 5) is 0. The summed E-state index contributed by atoms with van der Waals surface area (Å²) >= 11 is 0. The lowest BCUT2D eigenvalue weighted by Gasteiger charge is -1.97. The Balaban J connectivity index is 3.82. The van der Waals surface area contributed by atoms with Crippen LogP contribution in [0.2, 0.25) is 6.04 Å². The molecule has 0 unspecified atom stereocenters. The van der Waals surface area contributed by atoms with Crippen molar-refractivity contribution in [2.24, 2.45) is 0 Å². The van der Waals surface area contributed by atoms with Crippen molar-refractivity contribution in [3.8, 4) is 0 Å². The third kappa shape index (κ3) is 2.20. The molecule has 0 rings (SSSR count). The van der Waals surface area contributed by atoms with Gasteiger partial charge in [-0.15, -0.1) is 0 Å². The fourth-order valence-corrected chi connectivity index (χ4v) is 0.601. The molecule has 0 fully saturated rings.